The van der Waals surface area contributed by atoms with Gasteiger partial charge in [-0.1, -0.05) is 0 Å². The van der Waals surface area contributed by atoms with Gasteiger partial charge in [0.15, 0.2) is 0 Å². The van der Waals surface area contributed by atoms with E-state index in [1.165, 1.54) is 6.33 Å². The lowest BCUT2D eigenvalue weighted by molar-refractivity contribution is 0.0942. The van der Waals surface area contributed by atoms with E-state index >= 15 is 0 Å². The summed E-state index contributed by atoms with van der Waals surface area (Å²) in [6.45, 7) is 1.31. The van der Waals surface area contributed by atoms with Crippen LogP contribution in [0.3, 0.4) is 0 Å². The summed E-state index contributed by atoms with van der Waals surface area (Å²) in [7, 11) is 0. The van der Waals surface area contributed by atoms with Gasteiger partial charge in [0, 0.05) is 25.5 Å². The molecule has 6 nitrogen and oxygen atoms in total. The standard InChI is InChI=1S/C9H11N5O/c15-9(8-11-7-12-13-8)10-3-6-14-4-1-2-5-14/h1-2,4-5,7H,3,6H2,(H,10,15)(H,11,12,13). The molecule has 78 valence electrons. The number of nitrogens with one attached hydrogen (secondary N) is 2. The fourth-order valence-corrected chi connectivity index (χ4v) is 1.22. The van der Waals surface area contributed by atoms with Crippen LogP contribution >= 0.6 is 0 Å². The molecule has 2 rings (SSSR count). The number of hydrogen-bond acceptors (Lipinski definition) is 3. The second-order valence-electron chi connectivity index (χ2n) is 3.01. The smallest absolute Gasteiger partial charge is 0.288 e. The second-order valence-corrected chi connectivity index (χ2v) is 3.01. The van der Waals surface area contributed by atoms with Gasteiger partial charge < -0.3 is 9.88 Å². The minimum atomic E-state index is -0.236. The van der Waals surface area contributed by atoms with Crippen LogP contribution in [0.15, 0.2) is 30.9 Å². The summed E-state index contributed by atoms with van der Waals surface area (Å²) in [5, 5.41) is 8.83. The van der Waals surface area contributed by atoms with Crippen molar-refractivity contribution in [1.82, 2.24) is 25.1 Å². The van der Waals surface area contributed by atoms with Crippen molar-refractivity contribution >= 4 is 5.91 Å². The molecule has 0 aliphatic heterocycles. The first kappa shape index (κ1) is 9.45. The third kappa shape index (κ3) is 2.43. The number of H-pyrrole nitrogens is 1. The molecule has 0 radical (unpaired) electrons. The Kier molecular flexibility index (Phi) is 2.77. The Morgan fingerprint density at radius 1 is 1.47 bits per heavy atom. The van der Waals surface area contributed by atoms with E-state index in [0.717, 1.165) is 6.54 Å². The monoisotopic (exact) mass is 205 g/mol. The molecule has 0 spiro atoms. The van der Waals surface area contributed by atoms with Gasteiger partial charge >= 0.3 is 0 Å². The van der Waals surface area contributed by atoms with Gasteiger partial charge in [-0.25, -0.2) is 4.98 Å². The first-order valence-electron chi connectivity index (χ1n) is 4.60. The van der Waals surface area contributed by atoms with Crippen molar-refractivity contribution in [2.45, 2.75) is 6.54 Å². The minimum Gasteiger partial charge on any atom is -0.353 e. The third-order valence-electron chi connectivity index (χ3n) is 1.95. The maximum atomic E-state index is 11.4. The summed E-state index contributed by atoms with van der Waals surface area (Å²) in [6.07, 6.45) is 5.20. The van der Waals surface area contributed by atoms with Crippen molar-refractivity contribution in [2.75, 3.05) is 6.54 Å². The molecule has 2 aromatic heterocycles. The van der Waals surface area contributed by atoms with Gasteiger partial charge in [0.05, 0.1) is 0 Å². The summed E-state index contributed by atoms with van der Waals surface area (Å²) in [4.78, 5) is 15.1. The Bertz CT molecular complexity index is 406. The predicted molar refractivity (Wildman–Crippen MR) is 53.1 cm³/mol. The molecule has 0 aromatic carbocycles. The largest absolute Gasteiger partial charge is 0.353 e. The number of nitrogens with zero attached hydrogens (tertiary/aromatic N) is 3. The Hall–Kier alpha value is -2.11. The summed E-state index contributed by atoms with van der Waals surface area (Å²) in [5.41, 5.74) is 0. The Morgan fingerprint density at radius 3 is 2.93 bits per heavy atom. The lowest BCUT2D eigenvalue weighted by atomic mass is 10.5. The molecule has 15 heavy (non-hydrogen) atoms. The number of amides is 1. The van der Waals surface area contributed by atoms with Gasteiger partial charge in [0.2, 0.25) is 5.82 Å². The maximum absolute atomic E-state index is 11.4. The number of hydrogen-bond donors (Lipinski definition) is 2. The molecule has 0 aliphatic carbocycles. The molecular weight excluding hydrogens is 194 g/mol. The molecule has 2 heterocycles. The normalized spacial score (nSPS) is 10.1. The van der Waals surface area contributed by atoms with Crippen LogP contribution in [0.5, 0.6) is 0 Å². The SMILES string of the molecule is O=C(NCCn1cccc1)c1ncn[nH]1. The molecule has 6 heteroatoms. The average molecular weight is 205 g/mol. The fourth-order valence-electron chi connectivity index (χ4n) is 1.22. The summed E-state index contributed by atoms with van der Waals surface area (Å²) < 4.78 is 1.99. The van der Waals surface area contributed by atoms with Gasteiger partial charge in [0.25, 0.3) is 5.91 Å². The van der Waals surface area contributed by atoms with Crippen LogP contribution < -0.4 is 5.32 Å². The number of carbonyl (C=O) groups is 1. The van der Waals surface area contributed by atoms with Crippen molar-refractivity contribution in [1.29, 1.82) is 0 Å². The van der Waals surface area contributed by atoms with Crippen molar-refractivity contribution in [2.24, 2.45) is 0 Å². The van der Waals surface area contributed by atoms with E-state index in [0.29, 0.717) is 6.54 Å². The van der Waals surface area contributed by atoms with Gasteiger partial charge in [-0.3, -0.25) is 9.89 Å². The van der Waals surface area contributed by atoms with Crippen LogP contribution in [-0.2, 0) is 6.54 Å². The Labute approximate surface area is 86.3 Å². The fraction of sp³-hybridized carbons (Fsp3) is 0.222. The molecule has 0 aliphatic rings. The molecule has 2 N–H and O–H groups in total. The lowest BCUT2D eigenvalue weighted by Gasteiger charge is -2.03. The number of aromatic nitrogens is 4. The van der Waals surface area contributed by atoms with E-state index in [1.54, 1.807) is 0 Å². The Morgan fingerprint density at radius 2 is 2.27 bits per heavy atom. The second kappa shape index (κ2) is 4.41. The molecule has 0 fully saturated rings. The summed E-state index contributed by atoms with van der Waals surface area (Å²) in [5.74, 6) is 0.00200. The first-order valence-corrected chi connectivity index (χ1v) is 4.60. The number of aromatic amines is 1. The van der Waals surface area contributed by atoms with Crippen molar-refractivity contribution in [3.05, 3.63) is 36.7 Å². The van der Waals surface area contributed by atoms with Crippen LogP contribution in [0.25, 0.3) is 0 Å². The Balaban J connectivity index is 1.77. The quantitative estimate of drug-likeness (QED) is 0.739. The highest BCUT2D eigenvalue weighted by molar-refractivity contribution is 5.90. The van der Waals surface area contributed by atoms with Gasteiger partial charge in [-0.15, -0.1) is 0 Å². The zero-order valence-corrected chi connectivity index (χ0v) is 8.05. The third-order valence-corrected chi connectivity index (χ3v) is 1.95. The van der Waals surface area contributed by atoms with Crippen LogP contribution in [0.1, 0.15) is 10.6 Å². The summed E-state index contributed by atoms with van der Waals surface area (Å²) in [6, 6.07) is 3.89. The zero-order valence-electron chi connectivity index (χ0n) is 8.05. The molecule has 0 unspecified atom stereocenters. The highest BCUT2D eigenvalue weighted by atomic mass is 16.2. The van der Waals surface area contributed by atoms with E-state index in [4.69, 9.17) is 0 Å². The molecule has 0 atom stereocenters. The molecule has 0 saturated carbocycles. The molecule has 0 saturated heterocycles. The highest BCUT2D eigenvalue weighted by Gasteiger charge is 2.06. The van der Waals surface area contributed by atoms with E-state index in [9.17, 15) is 4.79 Å². The average Bonchev–Trinajstić information content (AvgIpc) is 2.90. The highest BCUT2D eigenvalue weighted by Crippen LogP contribution is 1.89. The molecule has 1 amide bonds. The van der Waals surface area contributed by atoms with E-state index < -0.39 is 0 Å². The minimum absolute atomic E-state index is 0.236. The first-order chi connectivity index (χ1) is 7.36. The number of rotatable bonds is 4. The van der Waals surface area contributed by atoms with Crippen LogP contribution in [0.2, 0.25) is 0 Å². The molecular formula is C9H11N5O. The topological polar surface area (TPSA) is 75.6 Å². The van der Waals surface area contributed by atoms with Crippen molar-refractivity contribution in [3.63, 3.8) is 0 Å². The van der Waals surface area contributed by atoms with Gasteiger partial charge in [0.1, 0.15) is 6.33 Å². The maximum Gasteiger partial charge on any atom is 0.288 e. The zero-order chi connectivity index (χ0) is 10.5. The lowest BCUT2D eigenvalue weighted by Crippen LogP contribution is -2.27. The summed E-state index contributed by atoms with van der Waals surface area (Å²) >= 11 is 0. The predicted octanol–water partition coefficient (Wildman–Crippen LogP) is 0.0362. The van der Waals surface area contributed by atoms with Crippen molar-refractivity contribution in [3.8, 4) is 0 Å². The van der Waals surface area contributed by atoms with E-state index in [1.807, 2.05) is 29.1 Å². The van der Waals surface area contributed by atoms with Crippen LogP contribution in [0, 0.1) is 0 Å². The molecule has 2 aromatic rings. The van der Waals surface area contributed by atoms with E-state index in [-0.39, 0.29) is 11.7 Å². The van der Waals surface area contributed by atoms with Crippen LogP contribution in [0.4, 0.5) is 0 Å². The van der Waals surface area contributed by atoms with Crippen molar-refractivity contribution < 1.29 is 4.79 Å². The van der Waals surface area contributed by atoms with Gasteiger partial charge in [-0.05, 0) is 12.1 Å². The molecule has 0 bridgehead atoms. The van der Waals surface area contributed by atoms with Gasteiger partial charge in [-0.2, -0.15) is 5.10 Å². The van der Waals surface area contributed by atoms with Crippen LogP contribution in [-0.4, -0.2) is 32.2 Å². The number of carbonyl (C=O) groups excluding carboxylic acids is 1. The van der Waals surface area contributed by atoms with E-state index in [2.05, 4.69) is 20.5 Å².